The molecule has 0 radical (unpaired) electrons. The molecule has 2 heterocycles. The number of nitrogens with one attached hydrogen (secondary N) is 1. The van der Waals surface area contributed by atoms with Crippen LogP contribution in [0, 0.1) is 0 Å². The number of benzene rings is 1. The molecule has 0 aliphatic rings. The van der Waals surface area contributed by atoms with E-state index in [4.69, 9.17) is 0 Å². The summed E-state index contributed by atoms with van der Waals surface area (Å²) in [6, 6.07) is 14.1. The topological polar surface area (TPSA) is 41.6 Å². The van der Waals surface area contributed by atoms with E-state index in [9.17, 15) is 0 Å². The number of hydrogen-bond acceptors (Lipinski definition) is 2. The van der Waals surface area contributed by atoms with Crippen LogP contribution in [0.4, 0.5) is 0 Å². The summed E-state index contributed by atoms with van der Waals surface area (Å²) in [7, 11) is 0. The fourth-order valence-electron chi connectivity index (χ4n) is 1.83. The van der Waals surface area contributed by atoms with E-state index in [1.54, 1.807) is 0 Å². The third-order valence-corrected chi connectivity index (χ3v) is 2.62. The fourth-order valence-corrected chi connectivity index (χ4v) is 1.83. The third-order valence-electron chi connectivity index (χ3n) is 2.62. The Bertz CT molecular complexity index is 599. The molecule has 0 aliphatic heterocycles. The minimum atomic E-state index is 0.769. The molecule has 0 atom stereocenters. The smallest absolute Gasteiger partial charge is 0.0760 e. The first-order valence-corrected chi connectivity index (χ1v) is 5.25. The average molecular weight is 209 g/mol. The molecule has 3 rings (SSSR count). The zero-order valence-corrected chi connectivity index (χ0v) is 8.72. The van der Waals surface area contributed by atoms with Gasteiger partial charge in [-0.2, -0.15) is 5.10 Å². The Morgan fingerprint density at radius 1 is 1.00 bits per heavy atom. The van der Waals surface area contributed by atoms with Gasteiger partial charge in [0.1, 0.15) is 0 Å². The molecule has 1 aromatic carbocycles. The lowest BCUT2D eigenvalue weighted by Gasteiger charge is -1.96. The van der Waals surface area contributed by atoms with Gasteiger partial charge in [0, 0.05) is 23.7 Å². The van der Waals surface area contributed by atoms with Crippen molar-refractivity contribution in [3.8, 4) is 0 Å². The molecule has 3 aromatic rings. The number of hydrogen-bond donors (Lipinski definition) is 1. The van der Waals surface area contributed by atoms with E-state index in [1.165, 1.54) is 5.39 Å². The molecule has 0 saturated heterocycles. The Morgan fingerprint density at radius 3 is 2.75 bits per heavy atom. The minimum Gasteiger partial charge on any atom is -0.278 e. The van der Waals surface area contributed by atoms with E-state index < -0.39 is 0 Å². The molecule has 16 heavy (non-hydrogen) atoms. The molecule has 0 saturated carbocycles. The number of fused-ring (bicyclic) bond motifs is 1. The predicted octanol–water partition coefficient (Wildman–Crippen LogP) is 2.55. The van der Waals surface area contributed by atoms with Crippen molar-refractivity contribution < 1.29 is 0 Å². The first kappa shape index (κ1) is 9.09. The molecule has 0 spiro atoms. The van der Waals surface area contributed by atoms with Crippen molar-refractivity contribution in [1.82, 2.24) is 15.2 Å². The van der Waals surface area contributed by atoms with Gasteiger partial charge in [-0.1, -0.05) is 24.3 Å². The van der Waals surface area contributed by atoms with E-state index in [-0.39, 0.29) is 0 Å². The van der Waals surface area contributed by atoms with Gasteiger partial charge in [0.05, 0.1) is 11.2 Å². The monoisotopic (exact) mass is 209 g/mol. The molecule has 0 unspecified atom stereocenters. The van der Waals surface area contributed by atoms with Gasteiger partial charge in [-0.05, 0) is 18.2 Å². The molecule has 2 aromatic heterocycles. The van der Waals surface area contributed by atoms with Gasteiger partial charge in [0.25, 0.3) is 0 Å². The van der Waals surface area contributed by atoms with E-state index in [1.807, 2.05) is 42.6 Å². The van der Waals surface area contributed by atoms with Crippen LogP contribution in [0.2, 0.25) is 0 Å². The zero-order valence-electron chi connectivity index (χ0n) is 8.72. The molecular weight excluding hydrogens is 198 g/mol. The van der Waals surface area contributed by atoms with E-state index in [0.717, 1.165) is 23.3 Å². The highest BCUT2D eigenvalue weighted by Gasteiger charge is 2.05. The highest BCUT2D eigenvalue weighted by molar-refractivity contribution is 5.81. The quantitative estimate of drug-likeness (QED) is 0.704. The second kappa shape index (κ2) is 3.77. The van der Waals surface area contributed by atoms with Crippen molar-refractivity contribution >= 4 is 10.9 Å². The van der Waals surface area contributed by atoms with Crippen LogP contribution in [0.5, 0.6) is 0 Å². The first-order valence-electron chi connectivity index (χ1n) is 5.25. The summed E-state index contributed by atoms with van der Waals surface area (Å²) in [6.07, 6.45) is 2.58. The van der Waals surface area contributed by atoms with Crippen LogP contribution in [0.25, 0.3) is 10.9 Å². The number of nitrogens with zero attached hydrogens (tertiary/aromatic N) is 2. The summed E-state index contributed by atoms with van der Waals surface area (Å²) in [5, 5.41) is 8.53. The van der Waals surface area contributed by atoms with Crippen LogP contribution >= 0.6 is 0 Å². The Kier molecular flexibility index (Phi) is 2.14. The van der Waals surface area contributed by atoms with Crippen molar-refractivity contribution in [2.75, 3.05) is 0 Å². The van der Waals surface area contributed by atoms with Gasteiger partial charge in [0.15, 0.2) is 0 Å². The number of rotatable bonds is 2. The van der Waals surface area contributed by atoms with Crippen molar-refractivity contribution in [3.05, 3.63) is 60.0 Å². The second-order valence-electron chi connectivity index (χ2n) is 3.71. The molecule has 0 fully saturated rings. The van der Waals surface area contributed by atoms with E-state index in [2.05, 4.69) is 21.2 Å². The van der Waals surface area contributed by atoms with Crippen molar-refractivity contribution in [2.24, 2.45) is 0 Å². The predicted molar refractivity (Wildman–Crippen MR) is 63.1 cm³/mol. The van der Waals surface area contributed by atoms with Gasteiger partial charge < -0.3 is 0 Å². The van der Waals surface area contributed by atoms with Crippen LogP contribution in [0.1, 0.15) is 11.4 Å². The average Bonchev–Trinajstić information content (AvgIpc) is 2.74. The number of H-pyrrole nitrogens is 1. The Hall–Kier alpha value is -2.16. The molecule has 0 bridgehead atoms. The Morgan fingerprint density at radius 2 is 1.88 bits per heavy atom. The zero-order chi connectivity index (χ0) is 10.8. The summed E-state index contributed by atoms with van der Waals surface area (Å²) < 4.78 is 0. The number of pyridine rings is 1. The van der Waals surface area contributed by atoms with Crippen LogP contribution < -0.4 is 0 Å². The first-order chi connectivity index (χ1) is 7.93. The van der Waals surface area contributed by atoms with Crippen LogP contribution in [0.3, 0.4) is 0 Å². The summed E-state index contributed by atoms with van der Waals surface area (Å²) in [4.78, 5) is 4.31. The van der Waals surface area contributed by atoms with Crippen LogP contribution in [-0.4, -0.2) is 15.2 Å². The summed E-state index contributed by atoms with van der Waals surface area (Å²) in [6.45, 7) is 0. The van der Waals surface area contributed by atoms with Gasteiger partial charge in [-0.25, -0.2) is 0 Å². The molecular formula is C13H11N3. The number of aromatic nitrogens is 3. The second-order valence-corrected chi connectivity index (χ2v) is 3.71. The summed E-state index contributed by atoms with van der Waals surface area (Å²) >= 11 is 0. The normalized spacial score (nSPS) is 10.8. The number of para-hydroxylation sites is 1. The lowest BCUT2D eigenvalue weighted by Crippen LogP contribution is -1.91. The lowest BCUT2D eigenvalue weighted by molar-refractivity contribution is 0.979. The van der Waals surface area contributed by atoms with Crippen molar-refractivity contribution in [3.63, 3.8) is 0 Å². The largest absolute Gasteiger partial charge is 0.278 e. The van der Waals surface area contributed by atoms with Gasteiger partial charge in [-0.15, -0.1) is 0 Å². The van der Waals surface area contributed by atoms with Crippen molar-refractivity contribution in [2.45, 2.75) is 6.42 Å². The molecule has 0 amide bonds. The SMILES string of the molecule is c1ccc(Cc2n[nH]c3ccccc23)nc1. The molecule has 0 aliphatic carbocycles. The Balaban J connectivity index is 2.01. The molecule has 3 nitrogen and oxygen atoms in total. The van der Waals surface area contributed by atoms with Gasteiger partial charge >= 0.3 is 0 Å². The standard InChI is InChI=1S/C13H11N3/c1-2-7-12-11(6-1)13(16-15-12)9-10-5-3-4-8-14-10/h1-8H,9H2,(H,15,16). The summed E-state index contributed by atoms with van der Waals surface area (Å²) in [5.41, 5.74) is 3.17. The summed E-state index contributed by atoms with van der Waals surface area (Å²) in [5.74, 6) is 0. The van der Waals surface area contributed by atoms with Gasteiger partial charge in [0.2, 0.25) is 0 Å². The maximum Gasteiger partial charge on any atom is 0.0760 e. The molecule has 1 N–H and O–H groups in total. The van der Waals surface area contributed by atoms with E-state index in [0.29, 0.717) is 0 Å². The lowest BCUT2D eigenvalue weighted by atomic mass is 10.1. The maximum absolute atomic E-state index is 4.33. The van der Waals surface area contributed by atoms with Crippen LogP contribution in [0.15, 0.2) is 48.7 Å². The third kappa shape index (κ3) is 1.56. The maximum atomic E-state index is 4.33. The molecule has 78 valence electrons. The van der Waals surface area contributed by atoms with Crippen molar-refractivity contribution in [1.29, 1.82) is 0 Å². The van der Waals surface area contributed by atoms with Crippen LogP contribution in [-0.2, 0) is 6.42 Å². The highest BCUT2D eigenvalue weighted by Crippen LogP contribution is 2.17. The van der Waals surface area contributed by atoms with Gasteiger partial charge in [-0.3, -0.25) is 10.1 Å². The minimum absolute atomic E-state index is 0.769. The highest BCUT2D eigenvalue weighted by atomic mass is 15.1. The molecule has 3 heteroatoms. The Labute approximate surface area is 93.2 Å². The van der Waals surface area contributed by atoms with E-state index >= 15 is 0 Å². The fraction of sp³-hybridized carbons (Fsp3) is 0.0769. The number of aromatic amines is 1.